The third kappa shape index (κ3) is 6.68. The van der Waals surface area contributed by atoms with Crippen molar-refractivity contribution >= 4 is 23.2 Å². The molecule has 39 heavy (non-hydrogen) atoms. The van der Waals surface area contributed by atoms with Crippen LogP contribution in [0.3, 0.4) is 0 Å². The lowest BCUT2D eigenvalue weighted by molar-refractivity contribution is -0.124. The van der Waals surface area contributed by atoms with E-state index in [9.17, 15) is 14.4 Å². The van der Waals surface area contributed by atoms with Crippen molar-refractivity contribution in [2.75, 3.05) is 18.1 Å². The number of carbonyl (C=O) groups is 3. The molecule has 8 heteroatoms. The minimum absolute atomic E-state index is 0.0119. The van der Waals surface area contributed by atoms with Gasteiger partial charge >= 0.3 is 0 Å². The minimum atomic E-state index is -0.0962. The summed E-state index contributed by atoms with van der Waals surface area (Å²) in [6.45, 7) is 9.08. The molecule has 3 aromatic rings. The average Bonchev–Trinajstić information content (AvgIpc) is 3.36. The molecular formula is C31H38N4O4. The van der Waals surface area contributed by atoms with Crippen molar-refractivity contribution in [3.05, 3.63) is 54.1 Å². The molecule has 0 saturated heterocycles. The molecule has 4 rings (SSSR count). The highest BCUT2D eigenvalue weighted by atomic mass is 16.5. The Hall–Kier alpha value is -3.65. The van der Waals surface area contributed by atoms with Gasteiger partial charge in [-0.15, -0.1) is 5.10 Å². The van der Waals surface area contributed by atoms with Crippen LogP contribution in [0.2, 0.25) is 0 Å². The molecule has 1 aliphatic rings. The first-order valence-electron chi connectivity index (χ1n) is 13.8. The summed E-state index contributed by atoms with van der Waals surface area (Å²) in [5.74, 6) is 0.133. The Morgan fingerprint density at radius 3 is 2.33 bits per heavy atom. The van der Waals surface area contributed by atoms with Crippen molar-refractivity contribution in [2.45, 2.75) is 72.4 Å². The number of rotatable bonds is 12. The monoisotopic (exact) mass is 530 g/mol. The number of anilines is 1. The molecule has 0 N–H and O–H groups in total. The fourth-order valence-corrected chi connectivity index (χ4v) is 4.81. The van der Waals surface area contributed by atoms with Gasteiger partial charge in [0.25, 0.3) is 0 Å². The number of fused-ring (bicyclic) bond motifs is 5. The molecule has 1 aliphatic heterocycles. The maximum absolute atomic E-state index is 13.6. The zero-order chi connectivity index (χ0) is 27.9. The topological polar surface area (TPSA) is 94.4 Å². The largest absolute Gasteiger partial charge is 0.381 e. The van der Waals surface area contributed by atoms with Gasteiger partial charge in [0.15, 0.2) is 0 Å². The molecule has 0 saturated carbocycles. The lowest BCUT2D eigenvalue weighted by Crippen LogP contribution is -2.32. The van der Waals surface area contributed by atoms with E-state index >= 15 is 0 Å². The Labute approximate surface area is 230 Å². The Bertz CT molecular complexity index is 1330. The van der Waals surface area contributed by atoms with Crippen molar-refractivity contribution in [3.63, 3.8) is 0 Å². The van der Waals surface area contributed by atoms with Crippen LogP contribution in [-0.4, -0.2) is 45.7 Å². The second-order valence-corrected chi connectivity index (χ2v) is 10.6. The standard InChI is InChI=1S/C31H38N4O4/c1-21(2)28(37)17-19-39-18-9-11-24(36)15-16-29(38)34-20-23-10-5-6-12-25(23)30-31(35(22(3)4)33-32-30)26-13-7-8-14-27(26)34/h5-8,10,12-14,21-22H,9,11,15-20H2,1-4H3. The summed E-state index contributed by atoms with van der Waals surface area (Å²) in [6, 6.07) is 15.9. The number of ether oxygens (including phenoxy) is 1. The molecular weight excluding hydrogens is 492 g/mol. The molecule has 0 radical (unpaired) electrons. The Morgan fingerprint density at radius 2 is 1.59 bits per heavy atom. The van der Waals surface area contributed by atoms with E-state index in [1.54, 1.807) is 4.90 Å². The second-order valence-electron chi connectivity index (χ2n) is 10.6. The number of amides is 1. The van der Waals surface area contributed by atoms with Crippen LogP contribution in [0.5, 0.6) is 0 Å². The molecule has 0 fully saturated rings. The predicted molar refractivity (Wildman–Crippen MR) is 151 cm³/mol. The predicted octanol–water partition coefficient (Wildman–Crippen LogP) is 5.80. The Balaban J connectivity index is 1.46. The average molecular weight is 531 g/mol. The van der Waals surface area contributed by atoms with Crippen molar-refractivity contribution in [1.29, 1.82) is 0 Å². The summed E-state index contributed by atoms with van der Waals surface area (Å²) in [5, 5.41) is 9.01. The zero-order valence-corrected chi connectivity index (χ0v) is 23.4. The van der Waals surface area contributed by atoms with E-state index in [-0.39, 0.29) is 42.3 Å². The van der Waals surface area contributed by atoms with Gasteiger partial charge in [0.05, 0.1) is 24.5 Å². The number of hydrogen-bond donors (Lipinski definition) is 0. The lowest BCUT2D eigenvalue weighted by atomic mass is 9.95. The summed E-state index contributed by atoms with van der Waals surface area (Å²) < 4.78 is 7.42. The SMILES string of the molecule is CC(C)C(=O)CCOCCCC(=O)CCC(=O)N1Cc2ccccc2-c2nnn(C(C)C)c2-c2ccccc21. The molecule has 0 unspecified atom stereocenters. The van der Waals surface area contributed by atoms with Crippen LogP contribution < -0.4 is 4.90 Å². The van der Waals surface area contributed by atoms with Gasteiger partial charge in [-0.3, -0.25) is 14.4 Å². The second kappa shape index (κ2) is 12.9. The van der Waals surface area contributed by atoms with Gasteiger partial charge in [0, 0.05) is 55.4 Å². The van der Waals surface area contributed by atoms with Crippen LogP contribution in [0.1, 0.15) is 71.4 Å². The van der Waals surface area contributed by atoms with E-state index in [2.05, 4.69) is 24.2 Å². The summed E-state index contributed by atoms with van der Waals surface area (Å²) in [4.78, 5) is 39.7. The highest BCUT2D eigenvalue weighted by Crippen LogP contribution is 2.42. The van der Waals surface area contributed by atoms with Crippen molar-refractivity contribution in [2.24, 2.45) is 5.92 Å². The molecule has 0 bridgehead atoms. The van der Waals surface area contributed by atoms with Crippen molar-refractivity contribution in [3.8, 4) is 22.5 Å². The van der Waals surface area contributed by atoms with E-state index in [0.29, 0.717) is 39.0 Å². The fraction of sp³-hybridized carbons (Fsp3) is 0.452. The van der Waals surface area contributed by atoms with Crippen LogP contribution in [-0.2, 0) is 25.7 Å². The molecule has 0 atom stereocenters. The Morgan fingerprint density at radius 1 is 0.872 bits per heavy atom. The quantitative estimate of drug-likeness (QED) is 0.275. The fourth-order valence-electron chi connectivity index (χ4n) is 4.81. The van der Waals surface area contributed by atoms with Crippen LogP contribution in [0.15, 0.2) is 48.5 Å². The molecule has 0 aliphatic carbocycles. The van der Waals surface area contributed by atoms with Gasteiger partial charge in [-0.05, 0) is 31.9 Å². The molecule has 0 spiro atoms. The third-order valence-corrected chi connectivity index (χ3v) is 7.03. The maximum atomic E-state index is 13.6. The van der Waals surface area contributed by atoms with Crippen LogP contribution in [0, 0.1) is 5.92 Å². The Kier molecular flexibility index (Phi) is 9.41. The van der Waals surface area contributed by atoms with E-state index < -0.39 is 0 Å². The van der Waals surface area contributed by atoms with Gasteiger partial charge in [0.2, 0.25) is 5.91 Å². The first-order chi connectivity index (χ1) is 18.8. The lowest BCUT2D eigenvalue weighted by Gasteiger charge is -2.29. The number of hydrogen-bond acceptors (Lipinski definition) is 6. The van der Waals surface area contributed by atoms with E-state index in [4.69, 9.17) is 4.74 Å². The molecule has 1 amide bonds. The highest BCUT2D eigenvalue weighted by Gasteiger charge is 2.29. The molecule has 1 aromatic heterocycles. The highest BCUT2D eigenvalue weighted by molar-refractivity contribution is 6.01. The first kappa shape index (κ1) is 28.4. The van der Waals surface area contributed by atoms with Crippen LogP contribution >= 0.6 is 0 Å². The number of ketones is 2. The number of Topliss-reactive ketones (excluding diaryl/α,β-unsaturated/α-hetero) is 2. The van der Waals surface area contributed by atoms with Crippen molar-refractivity contribution < 1.29 is 19.1 Å². The molecule has 2 aromatic carbocycles. The number of para-hydroxylation sites is 1. The van der Waals surface area contributed by atoms with E-state index in [0.717, 1.165) is 33.8 Å². The number of benzene rings is 2. The van der Waals surface area contributed by atoms with Gasteiger partial charge in [-0.1, -0.05) is 61.5 Å². The van der Waals surface area contributed by atoms with E-state index in [1.165, 1.54) is 0 Å². The number of aromatic nitrogens is 3. The molecule has 2 heterocycles. The number of carbonyl (C=O) groups excluding carboxylic acids is 3. The zero-order valence-electron chi connectivity index (χ0n) is 23.4. The summed E-state index contributed by atoms with van der Waals surface area (Å²) in [7, 11) is 0. The minimum Gasteiger partial charge on any atom is -0.381 e. The smallest absolute Gasteiger partial charge is 0.227 e. The number of nitrogens with zero attached hydrogens (tertiary/aromatic N) is 4. The summed E-state index contributed by atoms with van der Waals surface area (Å²) in [5.41, 5.74) is 5.32. The molecule has 8 nitrogen and oxygen atoms in total. The summed E-state index contributed by atoms with van der Waals surface area (Å²) in [6.07, 6.45) is 1.65. The van der Waals surface area contributed by atoms with Crippen molar-refractivity contribution in [1.82, 2.24) is 15.0 Å². The molecule has 206 valence electrons. The third-order valence-electron chi connectivity index (χ3n) is 7.03. The van der Waals surface area contributed by atoms with Gasteiger partial charge in [-0.25, -0.2) is 4.68 Å². The van der Waals surface area contributed by atoms with Gasteiger partial charge < -0.3 is 9.64 Å². The van der Waals surface area contributed by atoms with Crippen LogP contribution in [0.25, 0.3) is 22.5 Å². The van der Waals surface area contributed by atoms with E-state index in [1.807, 2.05) is 67.1 Å². The van der Waals surface area contributed by atoms with Gasteiger partial charge in [-0.2, -0.15) is 0 Å². The van der Waals surface area contributed by atoms with Crippen LogP contribution in [0.4, 0.5) is 5.69 Å². The maximum Gasteiger partial charge on any atom is 0.227 e. The first-order valence-corrected chi connectivity index (χ1v) is 13.8. The van der Waals surface area contributed by atoms with Gasteiger partial charge in [0.1, 0.15) is 17.3 Å². The summed E-state index contributed by atoms with van der Waals surface area (Å²) >= 11 is 0. The normalized spacial score (nSPS) is 12.5.